The van der Waals surface area contributed by atoms with Crippen LogP contribution in [0.25, 0.3) is 0 Å². The Morgan fingerprint density at radius 3 is 1.68 bits per heavy atom. The molecular formula is C30H55NO5S. The summed E-state index contributed by atoms with van der Waals surface area (Å²) in [6.07, 6.45) is 29.9. The number of hydrogen-bond acceptors (Lipinski definition) is 4. The van der Waals surface area contributed by atoms with Crippen molar-refractivity contribution >= 4 is 16.0 Å². The number of amides is 1. The van der Waals surface area contributed by atoms with E-state index in [-0.39, 0.29) is 12.3 Å². The third-order valence-electron chi connectivity index (χ3n) is 6.31. The molecule has 0 aliphatic carbocycles. The molecule has 1 amide bonds. The van der Waals surface area contributed by atoms with Crippen LogP contribution >= 0.6 is 0 Å². The maximum atomic E-state index is 12.3. The lowest BCUT2D eigenvalue weighted by molar-refractivity contribution is -0.122. The average molecular weight is 542 g/mol. The van der Waals surface area contributed by atoms with Crippen molar-refractivity contribution in [2.45, 2.75) is 142 Å². The number of aliphatic hydroxyl groups excluding tert-OH is 1. The van der Waals surface area contributed by atoms with E-state index < -0.39 is 28.0 Å². The van der Waals surface area contributed by atoms with Crippen LogP contribution in [-0.4, -0.2) is 41.9 Å². The molecule has 0 rings (SSSR count). The average Bonchev–Trinajstić information content (AvgIpc) is 2.84. The molecule has 0 spiro atoms. The van der Waals surface area contributed by atoms with Crippen molar-refractivity contribution in [3.8, 4) is 0 Å². The van der Waals surface area contributed by atoms with Gasteiger partial charge >= 0.3 is 0 Å². The third kappa shape index (κ3) is 26.0. The van der Waals surface area contributed by atoms with Gasteiger partial charge in [-0.15, -0.1) is 0 Å². The summed E-state index contributed by atoms with van der Waals surface area (Å²) in [5.74, 6) is -1.01. The van der Waals surface area contributed by atoms with E-state index in [2.05, 4.69) is 43.5 Å². The maximum Gasteiger partial charge on any atom is 0.267 e. The number of unbranched alkanes of at least 4 members (excludes halogenated alkanes) is 13. The van der Waals surface area contributed by atoms with Gasteiger partial charge in [0.05, 0.1) is 17.9 Å². The fourth-order valence-electron chi connectivity index (χ4n) is 4.13. The Kier molecular flexibility index (Phi) is 23.9. The normalized spacial score (nSPS) is 14.2. The quantitative estimate of drug-likeness (QED) is 0.0632. The van der Waals surface area contributed by atoms with E-state index in [0.29, 0.717) is 6.42 Å². The molecule has 0 aliphatic rings. The van der Waals surface area contributed by atoms with Gasteiger partial charge in [0.1, 0.15) is 0 Å². The van der Waals surface area contributed by atoms with E-state index in [1.165, 1.54) is 63.9 Å². The largest absolute Gasteiger partial charge is 0.387 e. The molecule has 0 saturated carbocycles. The predicted octanol–water partition coefficient (Wildman–Crippen LogP) is 7.45. The lowest BCUT2D eigenvalue weighted by Gasteiger charge is -2.21. The molecule has 7 heteroatoms. The molecule has 0 heterocycles. The Morgan fingerprint density at radius 1 is 0.730 bits per heavy atom. The van der Waals surface area contributed by atoms with Crippen LogP contribution in [0.4, 0.5) is 0 Å². The second-order valence-corrected chi connectivity index (χ2v) is 11.5. The van der Waals surface area contributed by atoms with Crippen LogP contribution in [0.5, 0.6) is 0 Å². The van der Waals surface area contributed by atoms with Gasteiger partial charge in [0.2, 0.25) is 5.91 Å². The van der Waals surface area contributed by atoms with Crippen LogP contribution in [0.1, 0.15) is 129 Å². The molecule has 0 saturated heterocycles. The van der Waals surface area contributed by atoms with Crippen LogP contribution in [0.15, 0.2) is 36.5 Å². The van der Waals surface area contributed by atoms with Gasteiger partial charge in [-0.1, -0.05) is 121 Å². The fourth-order valence-corrected chi connectivity index (χ4v) is 4.87. The zero-order valence-electron chi connectivity index (χ0n) is 23.6. The highest BCUT2D eigenvalue weighted by Gasteiger charge is 2.24. The SMILES string of the molecule is CC/C=C/CC/C=C/CC/C=C/C(O)C(CS(=O)(=O)O)NC(=O)CCCCCCCCCCCCCC. The second kappa shape index (κ2) is 24.9. The summed E-state index contributed by atoms with van der Waals surface area (Å²) in [7, 11) is -4.34. The van der Waals surface area contributed by atoms with Gasteiger partial charge in [0.25, 0.3) is 10.1 Å². The van der Waals surface area contributed by atoms with Crippen molar-refractivity contribution in [2.24, 2.45) is 0 Å². The summed E-state index contributed by atoms with van der Waals surface area (Å²) in [5, 5.41) is 13.0. The minimum atomic E-state index is -4.34. The lowest BCUT2D eigenvalue weighted by atomic mass is 10.0. The van der Waals surface area contributed by atoms with Crippen LogP contribution in [0.2, 0.25) is 0 Å². The molecule has 0 aromatic carbocycles. The Morgan fingerprint density at radius 2 is 1.19 bits per heavy atom. The summed E-state index contributed by atoms with van der Waals surface area (Å²) in [5.41, 5.74) is 0. The van der Waals surface area contributed by atoms with E-state index in [1.54, 1.807) is 6.08 Å². The summed E-state index contributed by atoms with van der Waals surface area (Å²) < 4.78 is 32.1. The first-order valence-corrected chi connectivity index (χ1v) is 16.3. The molecule has 37 heavy (non-hydrogen) atoms. The minimum absolute atomic E-state index is 0.286. The van der Waals surface area contributed by atoms with Gasteiger partial charge < -0.3 is 10.4 Å². The second-order valence-electron chi connectivity index (χ2n) is 9.99. The fraction of sp³-hybridized carbons (Fsp3) is 0.767. The van der Waals surface area contributed by atoms with Gasteiger partial charge in [-0.05, 0) is 38.5 Å². The highest BCUT2D eigenvalue weighted by Crippen LogP contribution is 2.13. The van der Waals surface area contributed by atoms with Gasteiger partial charge in [0, 0.05) is 6.42 Å². The summed E-state index contributed by atoms with van der Waals surface area (Å²) in [4.78, 5) is 12.3. The van der Waals surface area contributed by atoms with Crippen molar-refractivity contribution in [1.29, 1.82) is 0 Å². The standard InChI is InChI=1S/C30H55NO5S/c1-3-5-7-9-11-13-15-16-18-20-22-24-26-30(33)31-28(27-37(34,35)36)29(32)25-23-21-19-17-14-12-10-8-6-4-2/h6,8,14,17,23,25,28-29,32H,3-5,7,9-13,15-16,18-22,24,26-27H2,1-2H3,(H,31,33)(H,34,35,36)/b8-6+,17-14+,25-23+. The molecule has 216 valence electrons. The molecule has 0 radical (unpaired) electrons. The van der Waals surface area contributed by atoms with Crippen LogP contribution < -0.4 is 5.32 Å². The summed E-state index contributed by atoms with van der Waals surface area (Å²) in [6.45, 7) is 4.35. The van der Waals surface area contributed by atoms with E-state index >= 15 is 0 Å². The molecule has 0 fully saturated rings. The molecule has 3 N–H and O–H groups in total. The van der Waals surface area contributed by atoms with Crippen LogP contribution in [-0.2, 0) is 14.9 Å². The van der Waals surface area contributed by atoms with Crippen molar-refractivity contribution in [3.05, 3.63) is 36.5 Å². The number of carbonyl (C=O) groups is 1. The molecule has 0 aromatic heterocycles. The number of carbonyl (C=O) groups excluding carboxylic acids is 1. The number of rotatable bonds is 25. The minimum Gasteiger partial charge on any atom is -0.387 e. The number of allylic oxidation sites excluding steroid dienone is 5. The molecule has 6 nitrogen and oxygen atoms in total. The first-order valence-electron chi connectivity index (χ1n) is 14.7. The van der Waals surface area contributed by atoms with Crippen molar-refractivity contribution in [2.75, 3.05) is 5.75 Å². The van der Waals surface area contributed by atoms with Gasteiger partial charge in [-0.3, -0.25) is 9.35 Å². The first kappa shape index (κ1) is 35.6. The van der Waals surface area contributed by atoms with Crippen LogP contribution in [0.3, 0.4) is 0 Å². The summed E-state index contributed by atoms with van der Waals surface area (Å²) in [6, 6.07) is -1.07. The molecule has 0 aliphatic heterocycles. The third-order valence-corrected chi connectivity index (χ3v) is 7.09. The van der Waals surface area contributed by atoms with E-state index in [4.69, 9.17) is 0 Å². The van der Waals surface area contributed by atoms with Gasteiger partial charge in [0.15, 0.2) is 0 Å². The summed E-state index contributed by atoms with van der Waals surface area (Å²) >= 11 is 0. The Balaban J connectivity index is 4.17. The number of nitrogens with one attached hydrogen (secondary N) is 1. The number of aliphatic hydroxyl groups is 1. The zero-order chi connectivity index (χ0) is 27.6. The van der Waals surface area contributed by atoms with Crippen molar-refractivity contribution in [3.63, 3.8) is 0 Å². The maximum absolute atomic E-state index is 12.3. The van der Waals surface area contributed by atoms with Crippen LogP contribution in [0, 0.1) is 0 Å². The van der Waals surface area contributed by atoms with Gasteiger partial charge in [-0.25, -0.2) is 0 Å². The number of hydrogen-bond donors (Lipinski definition) is 3. The Hall–Kier alpha value is -1.44. The molecular weight excluding hydrogens is 486 g/mol. The Bertz CT molecular complexity index is 730. The molecule has 0 bridgehead atoms. The smallest absolute Gasteiger partial charge is 0.267 e. The lowest BCUT2D eigenvalue weighted by Crippen LogP contribution is -2.46. The molecule has 2 atom stereocenters. The topological polar surface area (TPSA) is 104 Å². The highest BCUT2D eigenvalue weighted by atomic mass is 32.2. The predicted molar refractivity (Wildman–Crippen MR) is 156 cm³/mol. The van der Waals surface area contributed by atoms with Crippen molar-refractivity contribution in [1.82, 2.24) is 5.32 Å². The monoisotopic (exact) mass is 541 g/mol. The van der Waals surface area contributed by atoms with Crippen molar-refractivity contribution < 1.29 is 22.9 Å². The Labute approximate surface area is 227 Å². The van der Waals surface area contributed by atoms with E-state index in [9.17, 15) is 22.9 Å². The van der Waals surface area contributed by atoms with Gasteiger partial charge in [-0.2, -0.15) is 8.42 Å². The van der Waals surface area contributed by atoms with E-state index in [1.807, 2.05) is 0 Å². The first-order chi connectivity index (χ1) is 17.8. The van der Waals surface area contributed by atoms with E-state index in [0.717, 1.165) is 44.9 Å². The molecule has 0 aromatic rings. The zero-order valence-corrected chi connectivity index (χ0v) is 24.4. The molecule has 2 unspecified atom stereocenters. The highest BCUT2D eigenvalue weighted by molar-refractivity contribution is 7.85.